The quantitative estimate of drug-likeness (QED) is 0.887. The summed E-state index contributed by atoms with van der Waals surface area (Å²) >= 11 is 0. The summed E-state index contributed by atoms with van der Waals surface area (Å²) in [5, 5.41) is -0.759. The van der Waals surface area contributed by atoms with Gasteiger partial charge in [-0.05, 0) is 50.0 Å². The van der Waals surface area contributed by atoms with Crippen LogP contribution in [-0.4, -0.2) is 49.1 Å². The third-order valence-corrected chi connectivity index (χ3v) is 2.59. The molecule has 0 aliphatic carbocycles. The lowest BCUT2D eigenvalue weighted by Crippen LogP contribution is -2.28. The Kier molecular flexibility index (Phi) is 1.30. The Balaban J connectivity index is 2.38. The van der Waals surface area contributed by atoms with Crippen molar-refractivity contribution in [2.75, 3.05) is 27.1 Å². The van der Waals surface area contributed by atoms with Gasteiger partial charge >= 0.3 is 6.09 Å². The molecule has 1 atom stereocenters. The number of amides is 1. The van der Waals surface area contributed by atoms with Gasteiger partial charge in [0.1, 0.15) is 6.56 Å². The van der Waals surface area contributed by atoms with Gasteiger partial charge in [0.15, 0.2) is 2.82 Å². The monoisotopic (exact) mass is 302 g/mol. The van der Waals surface area contributed by atoms with E-state index >= 15 is 0 Å². The van der Waals surface area contributed by atoms with Crippen molar-refractivity contribution in [3.63, 3.8) is 0 Å². The number of fused-ring (bicyclic) bond motifs is 1. The molecule has 1 saturated heterocycles. The standard InChI is InChI=1S/C16H21N3O2/c1-19(2)6-5-12-9-17-15-4-3-11(8-14(12)15)7-13-10-21-16(20)18-13/h3-4,8-9,13,17H,5-7,10H2,1-2H3,(H,18,20)/t13-/m0/s1/i1D3,3D,4D,5D2,7D2,8D,9D,10D2/hD2. The van der Waals surface area contributed by atoms with Crippen LogP contribution < -0.4 is 5.31 Å². The first-order valence-corrected chi connectivity index (χ1v) is 5.96. The fourth-order valence-corrected chi connectivity index (χ4v) is 1.69. The molecule has 1 fully saturated rings. The second kappa shape index (κ2) is 5.77. The summed E-state index contributed by atoms with van der Waals surface area (Å²) in [5.74, 6) is 0. The van der Waals surface area contributed by atoms with E-state index in [2.05, 4.69) is 4.74 Å². The molecule has 1 aromatic heterocycles. The molecule has 1 amide bonds. The lowest BCUT2D eigenvalue weighted by molar-refractivity contribution is 0.177. The van der Waals surface area contributed by atoms with Crippen molar-refractivity contribution in [3.8, 4) is 0 Å². The number of alkyl carbamates (subject to hydrolysis) is 1. The van der Waals surface area contributed by atoms with Crippen LogP contribution in [0.1, 0.15) is 28.9 Å². The predicted molar refractivity (Wildman–Crippen MR) is 82.5 cm³/mol. The molecule has 3 rings (SSSR count). The minimum Gasteiger partial charge on any atom is -0.447 e. The van der Waals surface area contributed by atoms with Crippen molar-refractivity contribution in [2.45, 2.75) is 18.8 Å². The van der Waals surface area contributed by atoms with Crippen molar-refractivity contribution in [1.29, 1.82) is 0 Å². The minimum absolute atomic E-state index is 0.135. The molecule has 0 saturated carbocycles. The average Bonchev–Trinajstić information content (AvgIpc) is 3.08. The highest BCUT2D eigenvalue weighted by molar-refractivity contribution is 5.84. The summed E-state index contributed by atoms with van der Waals surface area (Å²) in [7, 11) is 1.08. The minimum atomic E-state index is -3.21. The molecular formula is C16H21N3O2. The Hall–Kier alpha value is -2.01. The van der Waals surface area contributed by atoms with Crippen LogP contribution in [0, 0.1) is 0 Å². The maximum atomic E-state index is 11.8. The molecule has 21 heavy (non-hydrogen) atoms. The summed E-state index contributed by atoms with van der Waals surface area (Å²) < 4.78 is 126. The van der Waals surface area contributed by atoms with Gasteiger partial charge in [-0.2, -0.15) is 0 Å². The van der Waals surface area contributed by atoms with E-state index in [0.717, 1.165) is 7.05 Å². The Labute approximate surface area is 145 Å². The van der Waals surface area contributed by atoms with E-state index in [1.54, 1.807) is 0 Å². The summed E-state index contributed by atoms with van der Waals surface area (Å²) in [5.41, 5.74) is -2.28. The summed E-state index contributed by atoms with van der Waals surface area (Å²) in [6, 6.07) is -5.21. The molecule has 1 aromatic carbocycles. The van der Waals surface area contributed by atoms with Crippen LogP contribution in [0.4, 0.5) is 4.79 Å². The average molecular weight is 302 g/mol. The van der Waals surface area contributed by atoms with Gasteiger partial charge in [-0.25, -0.2) is 4.79 Å². The zero-order valence-electron chi connectivity index (χ0n) is 25.9. The Morgan fingerprint density at radius 3 is 3.38 bits per heavy atom. The van der Waals surface area contributed by atoms with Crippen LogP contribution in [0.25, 0.3) is 10.9 Å². The maximum Gasteiger partial charge on any atom is 0.407 e. The molecule has 0 radical (unpaired) electrons. The number of ether oxygens (including phenoxy) is 1. The van der Waals surface area contributed by atoms with Crippen LogP contribution in [0.15, 0.2) is 24.3 Å². The van der Waals surface area contributed by atoms with Crippen LogP contribution in [-0.2, 0) is 17.5 Å². The molecule has 2 N–H and O–H groups in total. The van der Waals surface area contributed by atoms with Gasteiger partial charge in [-0.3, -0.25) is 0 Å². The van der Waals surface area contributed by atoms with E-state index in [9.17, 15) is 4.79 Å². The van der Waals surface area contributed by atoms with E-state index in [1.807, 2.05) is 0 Å². The largest absolute Gasteiger partial charge is 0.447 e. The number of carbonyl (C=O) groups is 1. The smallest absolute Gasteiger partial charge is 0.407 e. The second-order valence-electron chi connectivity index (χ2n) is 4.27. The van der Waals surface area contributed by atoms with Crippen molar-refractivity contribution >= 4 is 17.0 Å². The number of aromatic nitrogens is 1. The predicted octanol–water partition coefficient (Wildman–Crippen LogP) is 1.92. The molecule has 2 aromatic rings. The Morgan fingerprint density at radius 1 is 1.71 bits per heavy atom. The van der Waals surface area contributed by atoms with Crippen LogP contribution in [0.2, 0.25) is 2.82 Å². The lowest BCUT2D eigenvalue weighted by atomic mass is 10.0. The molecule has 0 bridgehead atoms. The summed E-state index contributed by atoms with van der Waals surface area (Å²) in [6.07, 6.45) is -8.33. The zero-order valence-corrected chi connectivity index (χ0v) is 10.9. The topological polar surface area (TPSA) is 57.4 Å². The number of likely N-dealkylation sites (N-methyl/N-ethyl adjacent to an activating group) is 1. The number of hydrogen-bond donors (Lipinski definition) is 2. The van der Waals surface area contributed by atoms with Crippen molar-refractivity contribution < 1.29 is 30.2 Å². The second-order valence-corrected chi connectivity index (χ2v) is 4.27. The van der Waals surface area contributed by atoms with Crippen molar-refractivity contribution in [3.05, 3.63) is 35.4 Å². The number of rotatable bonds is 5. The Morgan fingerprint density at radius 2 is 2.62 bits per heavy atom. The third-order valence-electron chi connectivity index (χ3n) is 2.59. The number of hydrogen-bond acceptors (Lipinski definition) is 3. The van der Waals surface area contributed by atoms with E-state index in [-0.39, 0.29) is 10.3 Å². The van der Waals surface area contributed by atoms with E-state index < -0.39 is 91.3 Å². The SMILES string of the molecule is [2H]c1c(C([2H])([2H])[C@@H]2N([2H])C(=O)OC2([2H])[2H])c([2H])c2c(C([2H])([2H])CN(C)C([2H])([2H])[2H])c([2H])n([2H])c2c1[2H]. The molecule has 0 spiro atoms. The molecule has 1 aliphatic heterocycles. The Bertz CT molecular complexity index is 1240. The van der Waals surface area contributed by atoms with Crippen LogP contribution in [0.3, 0.4) is 0 Å². The van der Waals surface area contributed by atoms with E-state index in [1.165, 1.54) is 0 Å². The fourth-order valence-electron chi connectivity index (χ4n) is 1.69. The van der Waals surface area contributed by atoms with Gasteiger partial charge in [0.25, 0.3) is 0 Å². The number of aromatic amines is 1. The highest BCUT2D eigenvalue weighted by Gasteiger charge is 2.22. The maximum absolute atomic E-state index is 11.8. The van der Waals surface area contributed by atoms with Gasteiger partial charge in [0.05, 0.1) is 14.3 Å². The molecular weight excluding hydrogens is 266 g/mol. The third kappa shape index (κ3) is 3.19. The molecule has 5 heteroatoms. The first-order valence-electron chi connectivity index (χ1n) is 13.4. The van der Waals surface area contributed by atoms with Gasteiger partial charge < -0.3 is 19.9 Å². The van der Waals surface area contributed by atoms with Gasteiger partial charge in [0.2, 0.25) is 0 Å². The normalized spacial score (nSPS) is 33.4. The fraction of sp³-hybridized carbons (Fsp3) is 0.438. The van der Waals surface area contributed by atoms with Crippen molar-refractivity contribution in [2.24, 2.45) is 0 Å². The number of nitrogens with zero attached hydrogens (tertiary/aromatic N) is 1. The highest BCUT2D eigenvalue weighted by atomic mass is 16.6. The van der Waals surface area contributed by atoms with Crippen LogP contribution in [0.5, 0.6) is 0 Å². The van der Waals surface area contributed by atoms with Gasteiger partial charge in [-0.15, -0.1) is 0 Å². The molecule has 2 heterocycles. The first-order chi connectivity index (χ1) is 16.1. The number of benzene rings is 1. The number of H-pyrrole nitrogens is 1. The van der Waals surface area contributed by atoms with Gasteiger partial charge in [0, 0.05) is 33.2 Å². The van der Waals surface area contributed by atoms with Gasteiger partial charge in [-0.1, -0.05) is 6.04 Å². The number of cyclic esters (lactones) is 1. The summed E-state index contributed by atoms with van der Waals surface area (Å²) in [6.45, 7) is -6.67. The number of nitrogens with one attached hydrogen (secondary N) is 2. The molecule has 112 valence electrons. The van der Waals surface area contributed by atoms with Crippen LogP contribution >= 0.6 is 0 Å². The highest BCUT2D eigenvalue weighted by Crippen LogP contribution is 2.21. The molecule has 1 aliphatic rings. The van der Waals surface area contributed by atoms with Crippen molar-refractivity contribution in [1.82, 2.24) is 15.2 Å². The molecule has 0 unspecified atom stereocenters. The zero-order chi connectivity index (χ0) is 27.9. The number of carbonyl (C=O) groups excluding carboxylic acids is 1. The molecule has 5 nitrogen and oxygen atoms in total. The van der Waals surface area contributed by atoms with E-state index in [4.69, 9.17) is 20.6 Å². The van der Waals surface area contributed by atoms with E-state index in [0.29, 0.717) is 4.90 Å². The lowest BCUT2D eigenvalue weighted by Gasteiger charge is -2.09. The first kappa shape index (κ1) is 4.74. The summed E-state index contributed by atoms with van der Waals surface area (Å²) in [4.78, 5) is 12.7.